The zero-order chi connectivity index (χ0) is 0. The molecule has 0 aliphatic carbocycles. The molecule has 1 radical (unpaired) electrons. The van der Waals surface area contributed by atoms with Crippen LogP contribution in [0.2, 0.25) is 0 Å². The molecule has 0 saturated carbocycles. The first kappa shape index (κ1) is 87.1. The van der Waals surface area contributed by atoms with Crippen LogP contribution in [0.5, 0.6) is 0 Å². The van der Waals surface area contributed by atoms with Crippen LogP contribution in [-0.2, 0) is 49.8 Å². The molecular formula is H6FeO3Y. The van der Waals surface area contributed by atoms with Crippen LogP contribution >= 0.6 is 0 Å². The molecule has 0 atom stereocenters. The molecule has 0 bridgehead atoms. The first-order chi connectivity index (χ1) is 0. The first-order valence-electron chi connectivity index (χ1n) is 0. The maximum absolute atomic E-state index is 0. The predicted molar refractivity (Wildman–Crippen MR) is 10.8 cm³/mol. The van der Waals surface area contributed by atoms with Crippen LogP contribution in [-0.4, -0.2) is 16.4 Å². The van der Waals surface area contributed by atoms with Gasteiger partial charge >= 0.3 is 0 Å². The van der Waals surface area contributed by atoms with Gasteiger partial charge in [0, 0.05) is 49.8 Å². The molecule has 0 aliphatic rings. The van der Waals surface area contributed by atoms with Crippen LogP contribution in [0.15, 0.2) is 0 Å². The first-order valence-corrected chi connectivity index (χ1v) is 0. The minimum Gasteiger partial charge on any atom is -0.412 e. The maximum Gasteiger partial charge on any atom is 0 e. The van der Waals surface area contributed by atoms with Gasteiger partial charge in [0.1, 0.15) is 0 Å². The summed E-state index contributed by atoms with van der Waals surface area (Å²) in [6, 6.07) is 0. The summed E-state index contributed by atoms with van der Waals surface area (Å²) in [5.74, 6) is 0. The number of rotatable bonds is 0. The molecule has 0 aromatic heterocycles. The van der Waals surface area contributed by atoms with Gasteiger partial charge in [0.15, 0.2) is 0 Å². The summed E-state index contributed by atoms with van der Waals surface area (Å²) in [5.41, 5.74) is 0. The average molecular weight is 199 g/mol. The van der Waals surface area contributed by atoms with Crippen LogP contribution in [0.4, 0.5) is 0 Å². The van der Waals surface area contributed by atoms with Gasteiger partial charge in [-0.25, -0.2) is 0 Å². The molecule has 0 fully saturated rings. The fourth-order valence-corrected chi connectivity index (χ4v) is 0. The number of hydrogen-bond acceptors (Lipinski definition) is 0. The van der Waals surface area contributed by atoms with E-state index in [-0.39, 0.29) is 66.2 Å². The molecule has 6 N–H and O–H groups in total. The third-order valence-electron chi connectivity index (χ3n) is 0. The molecule has 5 heavy (non-hydrogen) atoms. The second kappa shape index (κ2) is 49.4. The normalized spacial score (nSPS) is 0. The minimum atomic E-state index is 0. The summed E-state index contributed by atoms with van der Waals surface area (Å²) in [5, 5.41) is 0. The van der Waals surface area contributed by atoms with Crippen LogP contribution in [0.25, 0.3) is 0 Å². The van der Waals surface area contributed by atoms with Crippen molar-refractivity contribution in [2.45, 2.75) is 0 Å². The Morgan fingerprint density at radius 3 is 0.600 bits per heavy atom. The monoisotopic (exact) mass is 199 g/mol. The Labute approximate surface area is 65.8 Å². The van der Waals surface area contributed by atoms with Gasteiger partial charge in [-0.2, -0.15) is 0 Å². The van der Waals surface area contributed by atoms with Crippen molar-refractivity contribution in [1.82, 2.24) is 0 Å². The summed E-state index contributed by atoms with van der Waals surface area (Å²) in [6.07, 6.45) is 0. The molecule has 0 unspecified atom stereocenters. The van der Waals surface area contributed by atoms with Gasteiger partial charge in [-0.1, -0.05) is 0 Å². The molecule has 0 aliphatic heterocycles. The molecule has 35 valence electrons. The maximum atomic E-state index is 0. The second-order valence-electron chi connectivity index (χ2n) is 0. The molecule has 0 aromatic carbocycles. The summed E-state index contributed by atoms with van der Waals surface area (Å²) in [6.45, 7) is 0. The molecule has 0 aromatic rings. The molecule has 0 amide bonds. The zero-order valence-corrected chi connectivity index (χ0v) is 6.37. The molecule has 0 saturated heterocycles. The van der Waals surface area contributed by atoms with Crippen molar-refractivity contribution in [3.8, 4) is 0 Å². The van der Waals surface area contributed by atoms with Crippen LogP contribution in [0.1, 0.15) is 0 Å². The molecule has 3 nitrogen and oxygen atoms in total. The Morgan fingerprint density at radius 2 is 0.600 bits per heavy atom. The van der Waals surface area contributed by atoms with Gasteiger partial charge in [-0.15, -0.1) is 0 Å². The summed E-state index contributed by atoms with van der Waals surface area (Å²) in [4.78, 5) is 0. The second-order valence-corrected chi connectivity index (χ2v) is 0. The van der Waals surface area contributed by atoms with E-state index in [9.17, 15) is 0 Å². The van der Waals surface area contributed by atoms with E-state index in [0.717, 1.165) is 0 Å². The van der Waals surface area contributed by atoms with E-state index in [1.807, 2.05) is 0 Å². The third kappa shape index (κ3) is 29.9. The van der Waals surface area contributed by atoms with Crippen LogP contribution < -0.4 is 0 Å². The summed E-state index contributed by atoms with van der Waals surface area (Å²) >= 11 is 0. The van der Waals surface area contributed by atoms with Crippen molar-refractivity contribution in [2.24, 2.45) is 0 Å². The van der Waals surface area contributed by atoms with E-state index in [0.29, 0.717) is 0 Å². The van der Waals surface area contributed by atoms with Gasteiger partial charge < -0.3 is 16.4 Å². The van der Waals surface area contributed by atoms with Gasteiger partial charge in [0.05, 0.1) is 0 Å². The Morgan fingerprint density at radius 1 is 0.600 bits per heavy atom. The number of hydrogen-bond donors (Lipinski definition) is 0. The van der Waals surface area contributed by atoms with Crippen molar-refractivity contribution in [2.75, 3.05) is 0 Å². The fourth-order valence-electron chi connectivity index (χ4n) is 0. The van der Waals surface area contributed by atoms with E-state index < -0.39 is 0 Å². The molecule has 0 rings (SSSR count). The van der Waals surface area contributed by atoms with Gasteiger partial charge in [0.25, 0.3) is 0 Å². The van der Waals surface area contributed by atoms with Crippen LogP contribution in [0, 0.1) is 0 Å². The van der Waals surface area contributed by atoms with Crippen molar-refractivity contribution < 1.29 is 66.2 Å². The molecule has 0 heterocycles. The SMILES string of the molecule is O.O.O.[Fe].[Y]. The Kier molecular flexibility index (Phi) is 861. The Balaban J connectivity index is 0. The van der Waals surface area contributed by atoms with Crippen LogP contribution in [0.3, 0.4) is 0 Å². The quantitative estimate of drug-likeness (QED) is 0.386. The summed E-state index contributed by atoms with van der Waals surface area (Å²) < 4.78 is 0. The zero-order valence-electron chi connectivity index (χ0n) is 2.43. The third-order valence-corrected chi connectivity index (χ3v) is 0. The van der Waals surface area contributed by atoms with Crippen molar-refractivity contribution in [3.05, 3.63) is 0 Å². The summed E-state index contributed by atoms with van der Waals surface area (Å²) in [7, 11) is 0. The largest absolute Gasteiger partial charge is 0.412 e. The van der Waals surface area contributed by atoms with Gasteiger partial charge in [0.2, 0.25) is 0 Å². The van der Waals surface area contributed by atoms with E-state index >= 15 is 0 Å². The minimum absolute atomic E-state index is 0. The van der Waals surface area contributed by atoms with Gasteiger partial charge in [-0.05, 0) is 0 Å². The van der Waals surface area contributed by atoms with E-state index in [4.69, 9.17) is 0 Å². The average Bonchev–Trinajstić information content (AvgIpc) is 0. The van der Waals surface area contributed by atoms with Crippen molar-refractivity contribution in [1.29, 1.82) is 0 Å². The van der Waals surface area contributed by atoms with Gasteiger partial charge in [-0.3, -0.25) is 0 Å². The van der Waals surface area contributed by atoms with E-state index in [2.05, 4.69) is 0 Å². The van der Waals surface area contributed by atoms with Crippen molar-refractivity contribution in [3.63, 3.8) is 0 Å². The smallest absolute Gasteiger partial charge is 0 e. The standard InChI is InChI=1S/Fe.3H2O.Y/h;3*1H2;. The molecule has 0 spiro atoms. The predicted octanol–water partition coefficient (Wildman–Crippen LogP) is -2.48. The Hall–Kier alpha value is 1.50. The van der Waals surface area contributed by atoms with E-state index in [1.54, 1.807) is 0 Å². The van der Waals surface area contributed by atoms with E-state index in [1.165, 1.54) is 0 Å². The van der Waals surface area contributed by atoms with Crippen molar-refractivity contribution >= 4 is 0 Å². The fraction of sp³-hybridized carbons (Fsp3) is 0. The molecule has 5 heteroatoms. The Bertz CT molecular complexity index is 6.85. The topological polar surface area (TPSA) is 94.5 Å². The molecular weight excluding hydrogens is 193 g/mol.